The Hall–Kier alpha value is -2.44. The molecule has 3 heterocycles. The maximum Gasteiger partial charge on any atom is 0.252 e. The van der Waals surface area contributed by atoms with Crippen LogP contribution in [0, 0.1) is 13.8 Å². The summed E-state index contributed by atoms with van der Waals surface area (Å²) in [5.41, 5.74) is 2.71. The monoisotopic (exact) mass is 329 g/mol. The molecule has 2 amide bonds. The van der Waals surface area contributed by atoms with Crippen LogP contribution in [0.2, 0.25) is 0 Å². The fourth-order valence-corrected chi connectivity index (χ4v) is 3.26. The maximum atomic E-state index is 12.6. The quantitative estimate of drug-likeness (QED) is 0.921. The highest BCUT2D eigenvalue weighted by Crippen LogP contribution is 2.21. The van der Waals surface area contributed by atoms with Crippen LogP contribution in [0.25, 0.3) is 11.0 Å². The van der Waals surface area contributed by atoms with Gasteiger partial charge in [0.2, 0.25) is 5.91 Å². The predicted molar refractivity (Wildman–Crippen MR) is 90.7 cm³/mol. The Bertz CT molecular complexity index is 790. The second-order valence-electron chi connectivity index (χ2n) is 6.34. The minimum atomic E-state index is -0.257. The number of nitrogens with zero attached hydrogens (tertiary/aromatic N) is 4. The van der Waals surface area contributed by atoms with Gasteiger partial charge < -0.3 is 10.2 Å². The molecule has 0 aromatic carbocycles. The number of rotatable bonds is 3. The van der Waals surface area contributed by atoms with Gasteiger partial charge in [0, 0.05) is 25.8 Å². The van der Waals surface area contributed by atoms with Crippen molar-refractivity contribution in [1.82, 2.24) is 25.0 Å². The predicted octanol–water partition coefficient (Wildman–Crippen LogP) is 1.33. The van der Waals surface area contributed by atoms with E-state index in [1.54, 1.807) is 10.7 Å². The highest BCUT2D eigenvalue weighted by Gasteiger charge is 2.20. The highest BCUT2D eigenvalue weighted by molar-refractivity contribution is 6.07. The smallest absolute Gasteiger partial charge is 0.252 e. The Morgan fingerprint density at radius 2 is 1.92 bits per heavy atom. The Balaban J connectivity index is 1.77. The third-order valence-corrected chi connectivity index (χ3v) is 4.45. The van der Waals surface area contributed by atoms with Gasteiger partial charge in [-0.25, -0.2) is 4.98 Å². The number of aryl methyl sites for hydroxylation is 3. The number of aromatic nitrogens is 3. The van der Waals surface area contributed by atoms with Gasteiger partial charge in [0.25, 0.3) is 5.91 Å². The van der Waals surface area contributed by atoms with Gasteiger partial charge in [-0.2, -0.15) is 5.10 Å². The van der Waals surface area contributed by atoms with E-state index >= 15 is 0 Å². The molecule has 24 heavy (non-hydrogen) atoms. The van der Waals surface area contributed by atoms with Crippen LogP contribution in [0.3, 0.4) is 0 Å². The fraction of sp³-hybridized carbons (Fsp3) is 0.529. The number of piperidine rings is 1. The van der Waals surface area contributed by atoms with Crippen molar-refractivity contribution >= 4 is 22.8 Å². The van der Waals surface area contributed by atoms with Gasteiger partial charge in [0.15, 0.2) is 5.65 Å². The SMILES string of the molecule is Cc1cc(C(=O)NCC(=O)N2CCCCC2)c2c(C)nn(C)c2n1. The molecule has 1 saturated heterocycles. The number of fused-ring (bicyclic) bond motifs is 1. The minimum absolute atomic E-state index is 0.0204. The van der Waals surface area contributed by atoms with Crippen LogP contribution in [0.5, 0.6) is 0 Å². The number of hydrogen-bond acceptors (Lipinski definition) is 4. The van der Waals surface area contributed by atoms with E-state index in [1.165, 1.54) is 6.42 Å². The van der Waals surface area contributed by atoms with Crippen molar-refractivity contribution in [2.24, 2.45) is 7.05 Å². The zero-order valence-electron chi connectivity index (χ0n) is 14.4. The van der Waals surface area contributed by atoms with E-state index in [-0.39, 0.29) is 18.4 Å². The second-order valence-corrected chi connectivity index (χ2v) is 6.34. The first-order valence-electron chi connectivity index (χ1n) is 8.34. The van der Waals surface area contributed by atoms with E-state index in [2.05, 4.69) is 15.4 Å². The lowest BCUT2D eigenvalue weighted by molar-refractivity contribution is -0.130. The Labute approximate surface area is 141 Å². The van der Waals surface area contributed by atoms with E-state index in [1.807, 2.05) is 25.8 Å². The number of likely N-dealkylation sites (tertiary alicyclic amines) is 1. The molecule has 0 unspecified atom stereocenters. The summed E-state index contributed by atoms with van der Waals surface area (Å²) in [5.74, 6) is -0.278. The molecule has 2 aromatic heterocycles. The Kier molecular flexibility index (Phi) is 4.51. The number of amides is 2. The average Bonchev–Trinajstić information content (AvgIpc) is 2.86. The number of nitrogens with one attached hydrogen (secondary N) is 1. The number of carbonyl (C=O) groups excluding carboxylic acids is 2. The van der Waals surface area contributed by atoms with Gasteiger partial charge in [-0.05, 0) is 39.2 Å². The molecule has 3 rings (SSSR count). The molecule has 0 bridgehead atoms. The van der Waals surface area contributed by atoms with Crippen molar-refractivity contribution in [1.29, 1.82) is 0 Å². The molecule has 1 aliphatic heterocycles. The number of pyridine rings is 1. The zero-order valence-corrected chi connectivity index (χ0v) is 14.4. The first kappa shape index (κ1) is 16.4. The van der Waals surface area contributed by atoms with Gasteiger partial charge in [-0.1, -0.05) is 0 Å². The zero-order chi connectivity index (χ0) is 17.3. The molecule has 7 nitrogen and oxygen atoms in total. The molecule has 1 aliphatic rings. The molecule has 128 valence electrons. The van der Waals surface area contributed by atoms with E-state index in [4.69, 9.17) is 0 Å². The largest absolute Gasteiger partial charge is 0.343 e. The molecule has 2 aromatic rings. The highest BCUT2D eigenvalue weighted by atomic mass is 16.2. The molecular formula is C17H23N5O2. The van der Waals surface area contributed by atoms with Gasteiger partial charge in [0.1, 0.15) is 0 Å². The van der Waals surface area contributed by atoms with Crippen LogP contribution < -0.4 is 5.32 Å². The van der Waals surface area contributed by atoms with Crippen molar-refractivity contribution in [2.45, 2.75) is 33.1 Å². The molecular weight excluding hydrogens is 306 g/mol. The van der Waals surface area contributed by atoms with Crippen molar-refractivity contribution in [3.05, 3.63) is 23.0 Å². The molecule has 0 aliphatic carbocycles. The molecule has 7 heteroatoms. The fourth-order valence-electron chi connectivity index (χ4n) is 3.26. The maximum absolute atomic E-state index is 12.6. The van der Waals surface area contributed by atoms with E-state index in [0.29, 0.717) is 11.2 Å². The van der Waals surface area contributed by atoms with E-state index in [9.17, 15) is 9.59 Å². The molecule has 1 fully saturated rings. The van der Waals surface area contributed by atoms with Crippen LogP contribution in [-0.2, 0) is 11.8 Å². The van der Waals surface area contributed by atoms with Gasteiger partial charge in [-0.3, -0.25) is 14.3 Å². The van der Waals surface area contributed by atoms with Crippen LogP contribution in [0.1, 0.15) is 41.0 Å². The van der Waals surface area contributed by atoms with E-state index in [0.717, 1.165) is 42.7 Å². The molecule has 0 radical (unpaired) electrons. The first-order valence-corrected chi connectivity index (χ1v) is 8.34. The molecule has 0 saturated carbocycles. The van der Waals surface area contributed by atoms with Crippen molar-refractivity contribution in [3.8, 4) is 0 Å². The van der Waals surface area contributed by atoms with E-state index < -0.39 is 0 Å². The van der Waals surface area contributed by atoms with Crippen molar-refractivity contribution in [2.75, 3.05) is 19.6 Å². The Morgan fingerprint density at radius 3 is 2.62 bits per heavy atom. The summed E-state index contributed by atoms with van der Waals surface area (Å²) in [5, 5.41) is 7.84. The van der Waals surface area contributed by atoms with Crippen molar-refractivity contribution in [3.63, 3.8) is 0 Å². The normalized spacial score (nSPS) is 14.9. The van der Waals surface area contributed by atoms with Crippen molar-refractivity contribution < 1.29 is 9.59 Å². The molecule has 0 atom stereocenters. The summed E-state index contributed by atoms with van der Waals surface area (Å²) in [7, 11) is 1.81. The van der Waals surface area contributed by atoms with Crippen LogP contribution in [-0.4, -0.2) is 51.1 Å². The lowest BCUT2D eigenvalue weighted by atomic mass is 10.1. The Morgan fingerprint density at radius 1 is 1.21 bits per heavy atom. The third-order valence-electron chi connectivity index (χ3n) is 4.45. The topological polar surface area (TPSA) is 80.1 Å². The summed E-state index contributed by atoms with van der Waals surface area (Å²) in [4.78, 5) is 31.1. The van der Waals surface area contributed by atoms with Crippen LogP contribution in [0.15, 0.2) is 6.07 Å². The standard InChI is InChI=1S/C17H23N5O2/c1-11-9-13(15-12(2)20-21(3)16(15)19-11)17(24)18-10-14(23)22-7-5-4-6-8-22/h9H,4-8,10H2,1-3H3,(H,18,24). The number of carbonyl (C=O) groups is 2. The third kappa shape index (κ3) is 3.11. The van der Waals surface area contributed by atoms with Gasteiger partial charge in [-0.15, -0.1) is 0 Å². The lowest BCUT2D eigenvalue weighted by Crippen LogP contribution is -2.42. The van der Waals surface area contributed by atoms with Gasteiger partial charge >= 0.3 is 0 Å². The summed E-state index contributed by atoms with van der Waals surface area (Å²) in [6.07, 6.45) is 3.25. The lowest BCUT2D eigenvalue weighted by Gasteiger charge is -2.26. The summed E-state index contributed by atoms with van der Waals surface area (Å²) >= 11 is 0. The molecule has 1 N–H and O–H groups in total. The summed E-state index contributed by atoms with van der Waals surface area (Å²) in [6.45, 7) is 5.30. The summed E-state index contributed by atoms with van der Waals surface area (Å²) < 4.78 is 1.67. The van der Waals surface area contributed by atoms with Crippen LogP contribution >= 0.6 is 0 Å². The molecule has 0 spiro atoms. The second kappa shape index (κ2) is 6.59. The summed E-state index contributed by atoms with van der Waals surface area (Å²) in [6, 6.07) is 1.75. The minimum Gasteiger partial charge on any atom is -0.343 e. The van der Waals surface area contributed by atoms with Gasteiger partial charge in [0.05, 0.1) is 23.2 Å². The van der Waals surface area contributed by atoms with Crippen LogP contribution in [0.4, 0.5) is 0 Å². The first-order chi connectivity index (χ1) is 11.5. The average molecular weight is 329 g/mol. The number of hydrogen-bond donors (Lipinski definition) is 1.